The van der Waals surface area contributed by atoms with E-state index < -0.39 is 17.5 Å². The third kappa shape index (κ3) is 4.79. The van der Waals surface area contributed by atoms with Crippen LogP contribution in [0.1, 0.15) is 110 Å². The SMILES string of the molecule is COc1c([C@@H](O)CC(C)C)ccc2c1C(=O)OCc1c(Cl)c(C)c(C3CC3)c(OC(=O)[C@]3(C)C[C@@H]4CC[C@H]3C4)c1O2. The predicted molar refractivity (Wildman–Crippen MR) is 154 cm³/mol. The Morgan fingerprint density at radius 3 is 2.56 bits per heavy atom. The molecule has 4 aliphatic rings. The van der Waals surface area contributed by atoms with Crippen LogP contribution in [0.3, 0.4) is 0 Å². The lowest BCUT2D eigenvalue weighted by Crippen LogP contribution is -2.37. The number of aliphatic hydroxyl groups is 1. The molecule has 41 heavy (non-hydrogen) atoms. The van der Waals surface area contributed by atoms with Crippen LogP contribution in [0.15, 0.2) is 12.1 Å². The van der Waals surface area contributed by atoms with Crippen LogP contribution in [0.4, 0.5) is 0 Å². The minimum Gasteiger partial charge on any atom is -0.495 e. The molecule has 2 aromatic carbocycles. The zero-order chi connectivity index (χ0) is 29.2. The van der Waals surface area contributed by atoms with Gasteiger partial charge in [-0.1, -0.05) is 31.9 Å². The summed E-state index contributed by atoms with van der Waals surface area (Å²) in [5.41, 5.74) is 2.20. The number of esters is 2. The van der Waals surface area contributed by atoms with Crippen molar-refractivity contribution in [3.63, 3.8) is 0 Å². The topological polar surface area (TPSA) is 91.3 Å². The minimum absolute atomic E-state index is 0.0838. The van der Waals surface area contributed by atoms with Gasteiger partial charge in [-0.05, 0) is 93.7 Å². The van der Waals surface area contributed by atoms with Crippen molar-refractivity contribution in [1.82, 2.24) is 0 Å². The van der Waals surface area contributed by atoms with Crippen LogP contribution >= 0.6 is 11.6 Å². The quantitative estimate of drug-likeness (QED) is 0.263. The van der Waals surface area contributed by atoms with Crippen molar-refractivity contribution in [2.45, 2.75) is 91.3 Å². The van der Waals surface area contributed by atoms with Crippen molar-refractivity contribution in [3.05, 3.63) is 45.0 Å². The number of benzene rings is 2. The van der Waals surface area contributed by atoms with Gasteiger partial charge in [-0.15, -0.1) is 0 Å². The van der Waals surface area contributed by atoms with Crippen LogP contribution in [0.25, 0.3) is 0 Å². The Bertz CT molecular complexity index is 1410. The number of aliphatic hydroxyl groups excluding tert-OH is 1. The zero-order valence-corrected chi connectivity index (χ0v) is 25.2. The Morgan fingerprint density at radius 1 is 1.20 bits per heavy atom. The van der Waals surface area contributed by atoms with E-state index >= 15 is 0 Å². The number of hydrogen-bond donors (Lipinski definition) is 1. The van der Waals surface area contributed by atoms with Crippen LogP contribution in [0.2, 0.25) is 5.02 Å². The fourth-order valence-electron chi connectivity index (χ4n) is 7.38. The molecule has 0 spiro atoms. The molecule has 1 N–H and O–H groups in total. The number of hydrogen-bond acceptors (Lipinski definition) is 7. The highest BCUT2D eigenvalue weighted by molar-refractivity contribution is 6.32. The molecule has 2 aromatic rings. The summed E-state index contributed by atoms with van der Waals surface area (Å²) in [6.45, 7) is 7.83. The second-order valence-corrected chi connectivity index (χ2v) is 13.4. The van der Waals surface area contributed by atoms with Gasteiger partial charge in [0.15, 0.2) is 11.5 Å². The highest BCUT2D eigenvalue weighted by Crippen LogP contribution is 2.59. The molecule has 1 heterocycles. The molecule has 1 aliphatic heterocycles. The average molecular weight is 583 g/mol. The van der Waals surface area contributed by atoms with E-state index in [2.05, 4.69) is 0 Å². The Balaban J connectivity index is 1.47. The molecular formula is C33H39ClO7. The first-order valence-corrected chi connectivity index (χ1v) is 15.2. The molecule has 3 saturated carbocycles. The summed E-state index contributed by atoms with van der Waals surface area (Å²) in [4.78, 5) is 27.3. The maximum Gasteiger partial charge on any atom is 0.346 e. The van der Waals surface area contributed by atoms with Crippen LogP contribution in [0.5, 0.6) is 23.0 Å². The monoisotopic (exact) mass is 582 g/mol. The van der Waals surface area contributed by atoms with E-state index in [0.717, 1.165) is 43.2 Å². The lowest BCUT2D eigenvalue weighted by atomic mass is 9.75. The van der Waals surface area contributed by atoms with Crippen molar-refractivity contribution >= 4 is 23.5 Å². The number of fused-ring (bicyclic) bond motifs is 4. The van der Waals surface area contributed by atoms with E-state index in [1.54, 1.807) is 12.1 Å². The van der Waals surface area contributed by atoms with E-state index in [-0.39, 0.29) is 41.5 Å². The molecule has 0 amide bonds. The van der Waals surface area contributed by atoms with Crippen LogP contribution in [-0.4, -0.2) is 24.2 Å². The van der Waals surface area contributed by atoms with Crippen molar-refractivity contribution in [2.24, 2.45) is 23.2 Å². The summed E-state index contributed by atoms with van der Waals surface area (Å²) in [7, 11) is 1.45. The van der Waals surface area contributed by atoms with Gasteiger partial charge in [0, 0.05) is 11.1 Å². The fourth-order valence-corrected chi connectivity index (χ4v) is 7.62. The Kier molecular flexibility index (Phi) is 7.26. The van der Waals surface area contributed by atoms with E-state index in [0.29, 0.717) is 45.9 Å². The molecule has 7 nitrogen and oxygen atoms in total. The normalized spacial score (nSPS) is 25.5. The van der Waals surface area contributed by atoms with Gasteiger partial charge in [0.25, 0.3) is 0 Å². The summed E-state index contributed by atoms with van der Waals surface area (Å²) in [5.74, 6) is 1.54. The van der Waals surface area contributed by atoms with E-state index in [1.165, 1.54) is 13.5 Å². The van der Waals surface area contributed by atoms with Crippen LogP contribution in [-0.2, 0) is 16.1 Å². The van der Waals surface area contributed by atoms with Crippen molar-refractivity contribution in [2.75, 3.05) is 7.11 Å². The highest BCUT2D eigenvalue weighted by atomic mass is 35.5. The van der Waals surface area contributed by atoms with Crippen molar-refractivity contribution in [3.8, 4) is 23.0 Å². The van der Waals surface area contributed by atoms with Crippen molar-refractivity contribution in [1.29, 1.82) is 0 Å². The lowest BCUT2D eigenvalue weighted by molar-refractivity contribution is -0.148. The smallest absolute Gasteiger partial charge is 0.346 e. The van der Waals surface area contributed by atoms with Gasteiger partial charge < -0.3 is 24.1 Å². The summed E-state index contributed by atoms with van der Waals surface area (Å²) in [6, 6.07) is 3.35. The number of cyclic esters (lactones) is 1. The average Bonchev–Trinajstić information content (AvgIpc) is 3.56. The molecule has 3 fully saturated rings. The van der Waals surface area contributed by atoms with Crippen LogP contribution in [0, 0.1) is 30.1 Å². The van der Waals surface area contributed by atoms with Gasteiger partial charge in [-0.3, -0.25) is 4.79 Å². The summed E-state index contributed by atoms with van der Waals surface area (Å²) in [5, 5.41) is 11.4. The Morgan fingerprint density at radius 2 is 1.95 bits per heavy atom. The molecule has 0 aromatic heterocycles. The third-order valence-electron chi connectivity index (χ3n) is 9.70. The molecule has 0 unspecified atom stereocenters. The molecule has 0 saturated heterocycles. The van der Waals surface area contributed by atoms with Crippen molar-refractivity contribution < 1.29 is 33.6 Å². The first kappa shape index (κ1) is 28.4. The fraction of sp³-hybridized carbons (Fsp3) is 0.576. The molecule has 0 radical (unpaired) electrons. The molecule has 220 valence electrons. The standard InChI is InChI=1S/C33H39ClO7/c1-16(2)12-23(35)21-10-11-24-26(28(21)38-5)31(36)39-15-22-27(34)17(3)25(19-7-8-19)30(29(22)40-24)41-32(37)33(4)14-18-6-9-20(33)13-18/h10-11,16,18-20,23,35H,6-9,12-15H2,1-5H3/t18-,20+,23+,33-/m1/s1. The maximum atomic E-state index is 13.9. The maximum absolute atomic E-state index is 13.9. The first-order valence-electron chi connectivity index (χ1n) is 14.8. The number of ether oxygens (including phenoxy) is 4. The first-order chi connectivity index (χ1) is 19.5. The van der Waals surface area contributed by atoms with Crippen LogP contribution < -0.4 is 14.2 Å². The Hall–Kier alpha value is -2.77. The number of rotatable bonds is 7. The van der Waals surface area contributed by atoms with Gasteiger partial charge in [0.1, 0.15) is 23.7 Å². The van der Waals surface area contributed by atoms with E-state index in [4.69, 9.17) is 30.5 Å². The second-order valence-electron chi connectivity index (χ2n) is 13.0. The van der Waals surface area contributed by atoms with Gasteiger partial charge in [-0.2, -0.15) is 0 Å². The van der Waals surface area contributed by atoms with E-state index in [1.807, 2.05) is 27.7 Å². The predicted octanol–water partition coefficient (Wildman–Crippen LogP) is 7.81. The third-order valence-corrected chi connectivity index (χ3v) is 10.2. The largest absolute Gasteiger partial charge is 0.495 e. The number of carbonyl (C=O) groups is 2. The Labute approximate surface area is 246 Å². The lowest BCUT2D eigenvalue weighted by Gasteiger charge is -2.32. The molecule has 6 rings (SSSR count). The zero-order valence-electron chi connectivity index (χ0n) is 24.5. The summed E-state index contributed by atoms with van der Waals surface area (Å²) < 4.78 is 24.3. The van der Waals surface area contributed by atoms with Gasteiger partial charge in [-0.25, -0.2) is 4.79 Å². The number of carbonyl (C=O) groups excluding carboxylic acids is 2. The number of methoxy groups -OCH3 is 1. The van der Waals surface area contributed by atoms with Gasteiger partial charge >= 0.3 is 11.9 Å². The van der Waals surface area contributed by atoms with Gasteiger partial charge in [0.05, 0.1) is 29.2 Å². The molecule has 2 bridgehead atoms. The summed E-state index contributed by atoms with van der Waals surface area (Å²) >= 11 is 6.91. The highest BCUT2D eigenvalue weighted by Gasteiger charge is 2.54. The number of halogens is 1. The molecule has 3 aliphatic carbocycles. The summed E-state index contributed by atoms with van der Waals surface area (Å²) in [6.07, 6.45) is 5.74. The van der Waals surface area contributed by atoms with E-state index in [9.17, 15) is 14.7 Å². The molecular weight excluding hydrogens is 544 g/mol. The minimum atomic E-state index is -0.835. The van der Waals surface area contributed by atoms with Gasteiger partial charge in [0.2, 0.25) is 0 Å². The molecule has 8 heteroatoms. The molecule has 4 atom stereocenters. The second kappa shape index (κ2) is 10.5.